The molecule has 0 spiro atoms. The molecule has 3 heteroatoms. The van der Waals surface area contributed by atoms with Crippen molar-refractivity contribution in [1.29, 1.82) is 0 Å². The molecule has 1 atom stereocenters. The summed E-state index contributed by atoms with van der Waals surface area (Å²) in [5, 5.41) is 0. The summed E-state index contributed by atoms with van der Waals surface area (Å²) in [5.41, 5.74) is 0. The molecule has 1 aliphatic rings. The van der Waals surface area contributed by atoms with Gasteiger partial charge in [-0.2, -0.15) is 0 Å². The monoisotopic (exact) mass is 320 g/mol. The zero-order valence-electron chi connectivity index (χ0n) is 10.5. The number of hydrogen-bond donors (Lipinski definition) is 0. The molecule has 0 radical (unpaired) electrons. The summed E-state index contributed by atoms with van der Waals surface area (Å²) >= 11 is -1.93. The fourth-order valence-corrected chi connectivity index (χ4v) is 7.59. The van der Waals surface area contributed by atoms with Crippen LogP contribution in [-0.2, 0) is 9.47 Å². The SMILES string of the molecule is CCOCO[C@H]1CCCC=[C]1[Sn]([CH3])([CH3])[CH3]. The second-order valence-corrected chi connectivity index (χ2v) is 19.6. The Labute approximate surface area is 97.9 Å². The van der Waals surface area contributed by atoms with Gasteiger partial charge in [0, 0.05) is 0 Å². The van der Waals surface area contributed by atoms with Crippen LogP contribution in [0.3, 0.4) is 0 Å². The molecule has 1 rings (SSSR count). The zero-order valence-corrected chi connectivity index (χ0v) is 13.4. The van der Waals surface area contributed by atoms with Crippen molar-refractivity contribution in [2.75, 3.05) is 13.4 Å². The van der Waals surface area contributed by atoms with Crippen LogP contribution in [0.5, 0.6) is 0 Å². The van der Waals surface area contributed by atoms with E-state index in [9.17, 15) is 0 Å². The molecule has 0 fully saturated rings. The van der Waals surface area contributed by atoms with E-state index in [0.717, 1.165) is 6.61 Å². The third-order valence-corrected chi connectivity index (χ3v) is 9.25. The summed E-state index contributed by atoms with van der Waals surface area (Å²) in [6.45, 7) is 3.20. The molecular weight excluding hydrogens is 295 g/mol. The molecule has 2 nitrogen and oxygen atoms in total. The zero-order chi connectivity index (χ0) is 11.3. The molecular formula is C12H24O2Sn. The predicted molar refractivity (Wildman–Crippen MR) is 66.6 cm³/mol. The Bertz CT molecular complexity index is 218. The number of rotatable bonds is 5. The minimum absolute atomic E-state index is 0.362. The maximum atomic E-state index is 5.82. The summed E-state index contributed by atoms with van der Waals surface area (Å²) in [6.07, 6.45) is 6.50. The first-order valence-corrected chi connectivity index (χ1v) is 15.9. The number of allylic oxidation sites excluding steroid dienone is 1. The van der Waals surface area contributed by atoms with E-state index in [-0.39, 0.29) is 0 Å². The van der Waals surface area contributed by atoms with Crippen LogP contribution in [0.15, 0.2) is 9.67 Å². The summed E-state index contributed by atoms with van der Waals surface area (Å²) in [6, 6.07) is 0. The Kier molecular flexibility index (Phi) is 5.64. The van der Waals surface area contributed by atoms with E-state index in [4.69, 9.17) is 9.47 Å². The fraction of sp³-hybridized carbons (Fsp3) is 0.833. The quantitative estimate of drug-likeness (QED) is 0.439. The summed E-state index contributed by atoms with van der Waals surface area (Å²) in [5.74, 6) is 0. The van der Waals surface area contributed by atoms with Gasteiger partial charge in [0.1, 0.15) is 0 Å². The van der Waals surface area contributed by atoms with Crippen molar-refractivity contribution in [1.82, 2.24) is 0 Å². The fourth-order valence-electron chi connectivity index (χ4n) is 2.02. The molecule has 0 heterocycles. The molecule has 0 aromatic rings. The van der Waals surface area contributed by atoms with Crippen molar-refractivity contribution >= 4 is 18.4 Å². The van der Waals surface area contributed by atoms with E-state index in [0.29, 0.717) is 12.9 Å². The Morgan fingerprint density at radius 3 is 2.73 bits per heavy atom. The van der Waals surface area contributed by atoms with E-state index >= 15 is 0 Å². The van der Waals surface area contributed by atoms with Crippen LogP contribution in [0.25, 0.3) is 0 Å². The first-order valence-electron chi connectivity index (χ1n) is 5.95. The van der Waals surface area contributed by atoms with Crippen molar-refractivity contribution < 1.29 is 9.47 Å². The van der Waals surface area contributed by atoms with Crippen LogP contribution in [0.2, 0.25) is 14.8 Å². The normalized spacial score (nSPS) is 22.7. The molecule has 15 heavy (non-hydrogen) atoms. The van der Waals surface area contributed by atoms with Gasteiger partial charge in [-0.05, 0) is 0 Å². The molecule has 0 aliphatic heterocycles. The summed E-state index contributed by atoms with van der Waals surface area (Å²) in [4.78, 5) is 7.38. The van der Waals surface area contributed by atoms with E-state index in [1.54, 1.807) is 3.59 Å². The molecule has 0 N–H and O–H groups in total. The van der Waals surface area contributed by atoms with E-state index in [1.807, 2.05) is 6.92 Å². The van der Waals surface area contributed by atoms with E-state index < -0.39 is 18.4 Å². The van der Waals surface area contributed by atoms with Crippen molar-refractivity contribution in [3.63, 3.8) is 0 Å². The predicted octanol–water partition coefficient (Wildman–Crippen LogP) is 3.35. The Morgan fingerprint density at radius 2 is 2.13 bits per heavy atom. The topological polar surface area (TPSA) is 18.5 Å². The van der Waals surface area contributed by atoms with Crippen LogP contribution in [-0.4, -0.2) is 37.9 Å². The molecule has 0 unspecified atom stereocenters. The Balaban J connectivity index is 2.53. The van der Waals surface area contributed by atoms with Gasteiger partial charge in [0.2, 0.25) is 0 Å². The van der Waals surface area contributed by atoms with Gasteiger partial charge in [-0.1, -0.05) is 0 Å². The second-order valence-electron chi connectivity index (χ2n) is 5.11. The molecule has 0 aromatic heterocycles. The molecule has 0 saturated heterocycles. The molecule has 88 valence electrons. The third-order valence-electron chi connectivity index (χ3n) is 2.80. The van der Waals surface area contributed by atoms with Crippen LogP contribution in [0.4, 0.5) is 0 Å². The third kappa shape index (κ3) is 4.45. The molecule has 0 bridgehead atoms. The van der Waals surface area contributed by atoms with Gasteiger partial charge >= 0.3 is 98.0 Å². The minimum atomic E-state index is -1.93. The average Bonchev–Trinajstić information content (AvgIpc) is 2.17. The number of ether oxygens (including phenoxy) is 2. The van der Waals surface area contributed by atoms with Crippen LogP contribution >= 0.6 is 0 Å². The molecule has 0 aromatic carbocycles. The van der Waals surface area contributed by atoms with Gasteiger partial charge < -0.3 is 0 Å². The van der Waals surface area contributed by atoms with Gasteiger partial charge in [-0.3, -0.25) is 0 Å². The Morgan fingerprint density at radius 1 is 1.40 bits per heavy atom. The number of hydrogen-bond acceptors (Lipinski definition) is 2. The van der Waals surface area contributed by atoms with Gasteiger partial charge in [0.05, 0.1) is 0 Å². The van der Waals surface area contributed by atoms with E-state index in [2.05, 4.69) is 20.9 Å². The van der Waals surface area contributed by atoms with Crippen molar-refractivity contribution in [3.8, 4) is 0 Å². The molecule has 0 amide bonds. The van der Waals surface area contributed by atoms with Gasteiger partial charge in [0.25, 0.3) is 0 Å². The molecule has 0 saturated carbocycles. The second kappa shape index (κ2) is 6.26. The van der Waals surface area contributed by atoms with E-state index in [1.165, 1.54) is 19.3 Å². The van der Waals surface area contributed by atoms with Crippen LogP contribution in [0.1, 0.15) is 26.2 Å². The van der Waals surface area contributed by atoms with Crippen molar-refractivity contribution in [3.05, 3.63) is 9.67 Å². The van der Waals surface area contributed by atoms with Crippen molar-refractivity contribution in [2.45, 2.75) is 47.1 Å². The first-order chi connectivity index (χ1) is 7.05. The summed E-state index contributed by atoms with van der Waals surface area (Å²) < 4.78 is 12.7. The van der Waals surface area contributed by atoms with Crippen LogP contribution < -0.4 is 0 Å². The van der Waals surface area contributed by atoms with Gasteiger partial charge in [-0.15, -0.1) is 0 Å². The van der Waals surface area contributed by atoms with Gasteiger partial charge in [0.15, 0.2) is 0 Å². The maximum absolute atomic E-state index is 5.82. The van der Waals surface area contributed by atoms with Gasteiger partial charge in [-0.25, -0.2) is 0 Å². The standard InChI is InChI=1S/C9H15O2.3CH3.Sn/c1-2-10-8-11-9-6-4-3-5-7-9;;;;/h4,9H,2-3,5,7-8H2,1H3;3*1H3;/t9-;;;;/m1..../s1. The average molecular weight is 319 g/mol. The Hall–Kier alpha value is 0.459. The first kappa shape index (κ1) is 13.5. The summed E-state index contributed by atoms with van der Waals surface area (Å²) in [7, 11) is 0. The molecule has 1 aliphatic carbocycles. The van der Waals surface area contributed by atoms with Crippen molar-refractivity contribution in [2.24, 2.45) is 0 Å². The van der Waals surface area contributed by atoms with Crippen LogP contribution in [0, 0.1) is 0 Å².